The van der Waals surface area contributed by atoms with Crippen LogP contribution in [0.3, 0.4) is 0 Å². The highest BCUT2D eigenvalue weighted by molar-refractivity contribution is 5.89. The number of amides is 2. The molecular formula is C17H17F3N4O2. The van der Waals surface area contributed by atoms with Gasteiger partial charge in [-0.2, -0.15) is 13.2 Å². The molecule has 1 unspecified atom stereocenters. The largest absolute Gasteiger partial charge is 0.472 e. The van der Waals surface area contributed by atoms with Crippen molar-refractivity contribution in [3.8, 4) is 5.88 Å². The lowest BCUT2D eigenvalue weighted by Crippen LogP contribution is -2.46. The lowest BCUT2D eigenvalue weighted by molar-refractivity contribution is -0.137. The number of nitrogens with one attached hydrogen (secondary N) is 1. The molecule has 138 valence electrons. The predicted octanol–water partition coefficient (Wildman–Crippen LogP) is 3.57. The van der Waals surface area contributed by atoms with E-state index in [1.54, 1.807) is 12.3 Å². The highest BCUT2D eigenvalue weighted by Crippen LogP contribution is 2.30. The summed E-state index contributed by atoms with van der Waals surface area (Å²) in [7, 11) is 0. The van der Waals surface area contributed by atoms with Crippen LogP contribution in [0.5, 0.6) is 5.88 Å². The molecule has 6 nitrogen and oxygen atoms in total. The fourth-order valence-corrected chi connectivity index (χ4v) is 2.71. The van der Waals surface area contributed by atoms with Crippen LogP contribution >= 0.6 is 0 Å². The summed E-state index contributed by atoms with van der Waals surface area (Å²) in [5, 5.41) is 2.51. The second kappa shape index (κ2) is 7.59. The molecule has 1 fully saturated rings. The summed E-state index contributed by atoms with van der Waals surface area (Å²) in [6.45, 7) is 0.837. The van der Waals surface area contributed by atoms with Crippen LogP contribution in [-0.2, 0) is 6.18 Å². The lowest BCUT2D eigenvalue weighted by Gasteiger charge is -2.32. The van der Waals surface area contributed by atoms with Crippen molar-refractivity contribution in [3.63, 3.8) is 0 Å². The Balaban J connectivity index is 1.61. The smallest absolute Gasteiger partial charge is 0.416 e. The first-order valence-corrected chi connectivity index (χ1v) is 8.08. The van der Waals surface area contributed by atoms with Gasteiger partial charge in [-0.1, -0.05) is 6.07 Å². The van der Waals surface area contributed by atoms with Crippen LogP contribution in [0.2, 0.25) is 0 Å². The van der Waals surface area contributed by atoms with Crippen molar-refractivity contribution in [1.29, 1.82) is 0 Å². The first-order valence-electron chi connectivity index (χ1n) is 8.08. The van der Waals surface area contributed by atoms with Crippen LogP contribution < -0.4 is 10.1 Å². The van der Waals surface area contributed by atoms with Gasteiger partial charge in [-0.05, 0) is 31.0 Å². The Morgan fingerprint density at radius 3 is 2.88 bits per heavy atom. The van der Waals surface area contributed by atoms with Crippen molar-refractivity contribution in [2.75, 3.05) is 18.4 Å². The summed E-state index contributed by atoms with van der Waals surface area (Å²) in [6, 6.07) is 5.72. The van der Waals surface area contributed by atoms with Crippen LogP contribution in [0.4, 0.5) is 23.7 Å². The third-order valence-electron chi connectivity index (χ3n) is 3.95. The Kier molecular flexibility index (Phi) is 5.24. The van der Waals surface area contributed by atoms with Crippen molar-refractivity contribution >= 4 is 11.7 Å². The number of benzene rings is 1. The zero-order valence-corrected chi connectivity index (χ0v) is 13.7. The van der Waals surface area contributed by atoms with Gasteiger partial charge < -0.3 is 15.0 Å². The average molecular weight is 366 g/mol. The van der Waals surface area contributed by atoms with Gasteiger partial charge in [0.05, 0.1) is 12.1 Å². The molecule has 1 aliphatic heterocycles. The molecule has 1 aromatic heterocycles. The highest BCUT2D eigenvalue weighted by Gasteiger charge is 2.31. The van der Waals surface area contributed by atoms with Crippen LogP contribution in [0.15, 0.2) is 42.9 Å². The Bertz CT molecular complexity index is 755. The van der Waals surface area contributed by atoms with E-state index in [1.807, 2.05) is 0 Å². The Morgan fingerprint density at radius 1 is 1.31 bits per heavy atom. The molecule has 2 heterocycles. The molecule has 2 amide bonds. The molecule has 0 bridgehead atoms. The summed E-state index contributed by atoms with van der Waals surface area (Å²) in [4.78, 5) is 21.7. The van der Waals surface area contributed by atoms with Gasteiger partial charge in [-0.3, -0.25) is 0 Å². The zero-order chi connectivity index (χ0) is 18.6. The number of rotatable bonds is 3. The predicted molar refractivity (Wildman–Crippen MR) is 87.7 cm³/mol. The third kappa shape index (κ3) is 4.62. The Hall–Kier alpha value is -2.84. The Labute approximate surface area is 148 Å². The molecule has 1 aliphatic rings. The van der Waals surface area contributed by atoms with Crippen LogP contribution in [0.25, 0.3) is 0 Å². The summed E-state index contributed by atoms with van der Waals surface area (Å²) in [5.74, 6) is 0.421. The minimum absolute atomic E-state index is 0.101. The van der Waals surface area contributed by atoms with E-state index < -0.39 is 17.8 Å². The van der Waals surface area contributed by atoms with Gasteiger partial charge in [-0.25, -0.2) is 14.8 Å². The van der Waals surface area contributed by atoms with E-state index in [9.17, 15) is 18.0 Å². The van der Waals surface area contributed by atoms with Gasteiger partial charge in [0.2, 0.25) is 5.88 Å². The van der Waals surface area contributed by atoms with E-state index in [4.69, 9.17) is 4.74 Å². The number of carbonyl (C=O) groups is 1. The van der Waals surface area contributed by atoms with E-state index in [0.29, 0.717) is 19.0 Å². The number of ether oxygens (including phenoxy) is 1. The fourth-order valence-electron chi connectivity index (χ4n) is 2.71. The molecule has 1 aromatic carbocycles. The van der Waals surface area contributed by atoms with Crippen molar-refractivity contribution in [3.05, 3.63) is 48.4 Å². The van der Waals surface area contributed by atoms with Crippen molar-refractivity contribution in [1.82, 2.24) is 14.9 Å². The van der Waals surface area contributed by atoms with Gasteiger partial charge in [0.15, 0.2) is 0 Å². The molecule has 1 saturated heterocycles. The number of nitrogens with zero attached hydrogens (tertiary/aromatic N) is 3. The minimum atomic E-state index is -4.46. The molecule has 2 aromatic rings. The van der Waals surface area contributed by atoms with Gasteiger partial charge in [-0.15, -0.1) is 0 Å². The maximum atomic E-state index is 12.8. The SMILES string of the molecule is O=C(Nc1cccc(C(F)(F)F)c1)N1CCCC(Oc2ccncn2)C1. The quantitative estimate of drug-likeness (QED) is 0.902. The molecule has 1 N–H and O–H groups in total. The first kappa shape index (κ1) is 18.0. The number of carbonyl (C=O) groups excluding carboxylic acids is 1. The van der Waals surface area contributed by atoms with Crippen molar-refractivity contribution in [2.45, 2.75) is 25.1 Å². The van der Waals surface area contributed by atoms with E-state index in [0.717, 1.165) is 25.0 Å². The second-order valence-electron chi connectivity index (χ2n) is 5.88. The van der Waals surface area contributed by atoms with Gasteiger partial charge in [0, 0.05) is 24.5 Å². The molecule has 0 saturated carbocycles. The van der Waals surface area contributed by atoms with Crippen molar-refractivity contribution < 1.29 is 22.7 Å². The molecular weight excluding hydrogens is 349 g/mol. The summed E-state index contributed by atoms with van der Waals surface area (Å²) in [5.41, 5.74) is -0.706. The molecule has 1 atom stereocenters. The summed E-state index contributed by atoms with van der Waals surface area (Å²) < 4.78 is 44.0. The summed E-state index contributed by atoms with van der Waals surface area (Å²) in [6.07, 6.45) is -0.267. The number of anilines is 1. The standard InChI is InChI=1S/C17H17F3N4O2/c18-17(19,20)12-3-1-4-13(9-12)23-16(25)24-8-2-5-14(10-24)26-15-6-7-21-11-22-15/h1,3-4,6-7,9,11,14H,2,5,8,10H2,(H,23,25). The number of halogens is 3. The van der Waals surface area contributed by atoms with Gasteiger partial charge >= 0.3 is 12.2 Å². The third-order valence-corrected chi connectivity index (χ3v) is 3.95. The van der Waals surface area contributed by atoms with E-state index in [1.165, 1.54) is 23.4 Å². The van der Waals surface area contributed by atoms with Gasteiger partial charge in [0.25, 0.3) is 0 Å². The normalized spacial score (nSPS) is 17.7. The molecule has 9 heteroatoms. The monoisotopic (exact) mass is 366 g/mol. The van der Waals surface area contributed by atoms with E-state index in [-0.39, 0.29) is 11.8 Å². The molecule has 3 rings (SSSR count). The zero-order valence-electron chi connectivity index (χ0n) is 13.7. The first-order chi connectivity index (χ1) is 12.4. The minimum Gasteiger partial charge on any atom is -0.472 e. The van der Waals surface area contributed by atoms with E-state index in [2.05, 4.69) is 15.3 Å². The highest BCUT2D eigenvalue weighted by atomic mass is 19.4. The lowest BCUT2D eigenvalue weighted by atomic mass is 10.1. The molecule has 26 heavy (non-hydrogen) atoms. The van der Waals surface area contributed by atoms with Gasteiger partial charge in [0.1, 0.15) is 12.4 Å². The van der Waals surface area contributed by atoms with Crippen LogP contribution in [0, 0.1) is 0 Å². The summed E-state index contributed by atoms with van der Waals surface area (Å²) >= 11 is 0. The number of aromatic nitrogens is 2. The number of hydrogen-bond acceptors (Lipinski definition) is 4. The topological polar surface area (TPSA) is 67.4 Å². The van der Waals surface area contributed by atoms with Crippen LogP contribution in [0.1, 0.15) is 18.4 Å². The molecule has 0 spiro atoms. The average Bonchev–Trinajstić information content (AvgIpc) is 2.62. The fraction of sp³-hybridized carbons (Fsp3) is 0.353. The maximum Gasteiger partial charge on any atom is 0.416 e. The number of urea groups is 1. The number of piperidine rings is 1. The van der Waals surface area contributed by atoms with Crippen molar-refractivity contribution in [2.24, 2.45) is 0 Å². The maximum absolute atomic E-state index is 12.8. The number of hydrogen-bond donors (Lipinski definition) is 1. The molecule has 0 radical (unpaired) electrons. The number of alkyl halides is 3. The Morgan fingerprint density at radius 2 is 2.15 bits per heavy atom. The van der Waals surface area contributed by atoms with E-state index >= 15 is 0 Å². The number of likely N-dealkylation sites (tertiary alicyclic amines) is 1. The second-order valence-corrected chi connectivity index (χ2v) is 5.88. The van der Waals surface area contributed by atoms with Crippen LogP contribution in [-0.4, -0.2) is 40.1 Å². The molecule has 0 aliphatic carbocycles.